The first-order chi connectivity index (χ1) is 71.6. The number of aliphatic hydroxyl groups is 1. The standard InChI is InChI=1S/C80H110O17Si3.C24H36O5Si.C8H8O5.C4H8O.Sc/c1-78(2,3)98(68-29-17-11-18-30-68,69-31-19-12-20-32-69)95-62-56-89-50-44-83-41-47-86-53-59-92-74-65-67(77(81)82-10)66-75(93-60-54-87-48-42-84-45-51-90-57-63-96-99(79(4,5)6,70-33-21-13-22-34-70)71-35-23-14-24-36-71)76(74)94-61-55-88-49-43-85-46-52-91-58-64-97-100(80(7,8)9,72-37-25-15-26-38-72)73-39-27-16-28-40-73;1-24(2,3)30(22-10-6-4-7-11-22,23-12-8-5-9-13-23)29-21-20-28-19-18-27-17-16-26-15-14-25;1-13-8(12)4-2-5(9)7(11)6(10)3-4;1-2-4-5-3-1;/h11-40,65-66H,41-64H2,1-10H3;4-13,25H,14-21H2,1-3H3;2-3,9-11H,1H3;1-4H2;. The van der Waals surface area contributed by atoms with Crippen LogP contribution in [0.25, 0.3) is 0 Å². The molecular weight excluding hydrogens is 2000 g/mol. The third kappa shape index (κ3) is 40.7. The van der Waals surface area contributed by atoms with Crippen LogP contribution < -0.4 is 55.7 Å². The van der Waals surface area contributed by atoms with E-state index >= 15 is 0 Å². The molecule has 0 aromatic heterocycles. The summed E-state index contributed by atoms with van der Waals surface area (Å²) < 4.78 is 130. The maximum atomic E-state index is 13.1. The Balaban J connectivity index is 0.000000495. The molecule has 1 radical (unpaired) electrons. The molecule has 1 heterocycles. The molecule has 1 aliphatic rings. The molecule has 4 N–H and O–H groups in total. The van der Waals surface area contributed by atoms with Gasteiger partial charge in [0.1, 0.15) is 19.8 Å². The number of phenols is 3. The van der Waals surface area contributed by atoms with Crippen molar-refractivity contribution < 1.29 is 159 Å². The summed E-state index contributed by atoms with van der Waals surface area (Å²) in [4.78, 5) is 24.0. The number of hydrogen-bond donors (Lipinski definition) is 4. The predicted octanol–water partition coefficient (Wildman–Crippen LogP) is 14.5. The molecule has 0 unspecified atom stereocenters. The predicted molar refractivity (Wildman–Crippen MR) is 588 cm³/mol. The van der Waals surface area contributed by atoms with Gasteiger partial charge in [0.05, 0.1) is 217 Å². The van der Waals surface area contributed by atoms with Crippen molar-refractivity contribution in [2.24, 2.45) is 0 Å². The largest absolute Gasteiger partial charge is 0.504 e. The molecule has 0 bridgehead atoms. The Morgan fingerprint density at radius 1 is 0.262 bits per heavy atom. The molecule has 813 valence electrons. The Labute approximate surface area is 906 Å². The number of methoxy groups -OCH3 is 2. The van der Waals surface area contributed by atoms with Crippen molar-refractivity contribution in [3.05, 3.63) is 278 Å². The third-order valence-electron chi connectivity index (χ3n) is 24.3. The fraction of sp³-hybridized carbons (Fsp3) is 0.466. The minimum atomic E-state index is -2.65. The second-order valence-electron chi connectivity index (χ2n) is 38.6. The molecule has 0 aliphatic carbocycles. The summed E-state index contributed by atoms with van der Waals surface area (Å²) in [6, 6.07) is 89.9. The molecular formula is C116H162O28ScSi4. The van der Waals surface area contributed by atoms with Crippen LogP contribution in [0.3, 0.4) is 0 Å². The van der Waals surface area contributed by atoms with Gasteiger partial charge in [-0.05, 0) is 98.8 Å². The molecule has 1 saturated heterocycles. The van der Waals surface area contributed by atoms with Crippen LogP contribution in [-0.4, -0.2) is 304 Å². The molecule has 10 aromatic rings. The summed E-state index contributed by atoms with van der Waals surface area (Å²) in [5.74, 6) is -2.27. The Morgan fingerprint density at radius 3 is 0.624 bits per heavy atom. The fourth-order valence-electron chi connectivity index (χ4n) is 17.4. The van der Waals surface area contributed by atoms with Gasteiger partial charge < -0.3 is 123 Å². The van der Waals surface area contributed by atoms with Gasteiger partial charge in [-0.2, -0.15) is 0 Å². The Morgan fingerprint density at radius 2 is 0.443 bits per heavy atom. The first-order valence-electron chi connectivity index (χ1n) is 51.2. The fourth-order valence-corrected chi connectivity index (χ4v) is 35.6. The van der Waals surface area contributed by atoms with Crippen LogP contribution in [0.2, 0.25) is 20.2 Å². The van der Waals surface area contributed by atoms with Crippen LogP contribution >= 0.6 is 0 Å². The van der Waals surface area contributed by atoms with E-state index in [9.17, 15) is 9.59 Å². The van der Waals surface area contributed by atoms with E-state index in [1.54, 1.807) is 12.1 Å². The smallest absolute Gasteiger partial charge is 0.338 e. The van der Waals surface area contributed by atoms with Crippen LogP contribution in [0.1, 0.15) is 117 Å². The normalized spacial score (nSPS) is 12.4. The third-order valence-corrected chi connectivity index (χ3v) is 44.4. The summed E-state index contributed by atoms with van der Waals surface area (Å²) in [6.45, 7) is 40.9. The zero-order valence-electron chi connectivity index (χ0n) is 90.0. The van der Waals surface area contributed by atoms with E-state index < -0.39 is 62.5 Å². The van der Waals surface area contributed by atoms with Crippen LogP contribution in [-0.2, 0) is 115 Å². The number of carbonyl (C=O) groups excluding carboxylic acids is 2. The first kappa shape index (κ1) is 127. The first-order valence-corrected chi connectivity index (χ1v) is 58.8. The topological polar surface area (TPSA) is 318 Å². The number of esters is 2. The van der Waals surface area contributed by atoms with E-state index in [0.717, 1.165) is 25.3 Å². The van der Waals surface area contributed by atoms with Gasteiger partial charge in [0.15, 0.2) is 28.7 Å². The van der Waals surface area contributed by atoms with E-state index in [2.05, 4.69) is 282 Å². The number of aromatic hydroxyl groups is 3. The SMILES string of the molecule is C1CCOC1.CC(C)(C)[Si](OCCOCCOCCOCCO)(c1ccccc1)c1ccccc1.COC(=O)c1cc(O)c(O)c(O)c1.COC(=O)c1cc(OCCOCCOCCOCCO[Si](c2ccccc2)(c2ccccc2)C(C)(C)C)c(OCCOCCOCCOCCO[Si](c2ccccc2)(c2ccccc2)C(C)(C)C)c(OCCOCCOCCOCCO[Si](c2ccccc2)(c2ccccc2)C(C)(C)C)c1.[Sc]. The number of carbonyl (C=O) groups is 2. The van der Waals surface area contributed by atoms with Gasteiger partial charge in [0.25, 0.3) is 33.3 Å². The van der Waals surface area contributed by atoms with Crippen molar-refractivity contribution in [1.29, 1.82) is 0 Å². The van der Waals surface area contributed by atoms with Crippen LogP contribution in [0.5, 0.6) is 34.5 Å². The summed E-state index contributed by atoms with van der Waals surface area (Å²) in [5.41, 5.74) is 0.177. The quantitative estimate of drug-likeness (QED) is 0.0119. The van der Waals surface area contributed by atoms with Gasteiger partial charge in [-0.25, -0.2) is 9.59 Å². The van der Waals surface area contributed by atoms with Crippen molar-refractivity contribution in [3.63, 3.8) is 0 Å². The van der Waals surface area contributed by atoms with Crippen molar-refractivity contribution >= 4 is 86.7 Å². The Bertz CT molecular complexity index is 4870. The van der Waals surface area contributed by atoms with E-state index in [1.807, 2.05) is 48.5 Å². The van der Waals surface area contributed by atoms with E-state index in [0.29, 0.717) is 165 Å². The molecule has 1 aliphatic heterocycles. The molecule has 0 spiro atoms. The molecule has 28 nitrogen and oxygen atoms in total. The van der Waals surface area contributed by atoms with E-state index in [-0.39, 0.29) is 121 Å². The molecule has 10 aromatic carbocycles. The van der Waals surface area contributed by atoms with Gasteiger partial charge in [0.2, 0.25) is 5.75 Å². The maximum absolute atomic E-state index is 13.1. The second kappa shape index (κ2) is 69.6. The van der Waals surface area contributed by atoms with Crippen LogP contribution in [0.15, 0.2) is 267 Å². The number of aliphatic hydroxyl groups excluding tert-OH is 1. The van der Waals surface area contributed by atoms with Gasteiger partial charge in [0, 0.05) is 39.1 Å². The molecule has 0 saturated carbocycles. The van der Waals surface area contributed by atoms with Crippen molar-refractivity contribution in [1.82, 2.24) is 0 Å². The van der Waals surface area contributed by atoms with Crippen LogP contribution in [0.4, 0.5) is 0 Å². The summed E-state index contributed by atoms with van der Waals surface area (Å²) in [5, 5.41) is 45.1. The number of rotatable bonds is 64. The Kier molecular flexibility index (Phi) is 59.2. The molecule has 149 heavy (non-hydrogen) atoms. The van der Waals surface area contributed by atoms with Gasteiger partial charge in [-0.1, -0.05) is 326 Å². The number of hydrogen-bond acceptors (Lipinski definition) is 28. The van der Waals surface area contributed by atoms with E-state index in [1.165, 1.54) is 68.6 Å². The average molecular weight is 2160 g/mol. The second-order valence-corrected chi connectivity index (χ2v) is 55.9. The van der Waals surface area contributed by atoms with E-state index in [4.69, 9.17) is 119 Å². The molecule has 1 fully saturated rings. The maximum Gasteiger partial charge on any atom is 0.338 e. The zero-order chi connectivity index (χ0) is 107. The monoisotopic (exact) mass is 2160 g/mol. The summed E-state index contributed by atoms with van der Waals surface area (Å²) in [7, 11) is -7.96. The van der Waals surface area contributed by atoms with Crippen molar-refractivity contribution in [3.8, 4) is 34.5 Å². The molecule has 0 amide bonds. The number of ether oxygens (including phenoxy) is 18. The van der Waals surface area contributed by atoms with Gasteiger partial charge in [-0.3, -0.25) is 0 Å². The number of benzene rings is 10. The number of phenolic OH excluding ortho intramolecular Hbond substituents is 3. The molecule has 11 rings (SSSR count). The summed E-state index contributed by atoms with van der Waals surface area (Å²) in [6.07, 6.45) is 2.56. The van der Waals surface area contributed by atoms with Crippen molar-refractivity contribution in [2.45, 2.75) is 116 Å². The Hall–Kier alpha value is -9.04. The minimum Gasteiger partial charge on any atom is -0.504 e. The minimum absolute atomic E-state index is 0. The van der Waals surface area contributed by atoms with Crippen molar-refractivity contribution in [2.75, 3.05) is 239 Å². The van der Waals surface area contributed by atoms with Gasteiger partial charge in [-0.15, -0.1) is 0 Å². The molecule has 33 heteroatoms. The van der Waals surface area contributed by atoms with Gasteiger partial charge >= 0.3 is 11.9 Å². The average Bonchev–Trinajstić information content (AvgIpc) is 0.898. The summed E-state index contributed by atoms with van der Waals surface area (Å²) >= 11 is 0. The zero-order valence-corrected chi connectivity index (χ0v) is 95.8. The van der Waals surface area contributed by atoms with Crippen LogP contribution in [0, 0.1) is 0 Å². The molecule has 0 atom stereocenters.